The summed E-state index contributed by atoms with van der Waals surface area (Å²) in [5.74, 6) is 0. The van der Waals surface area contributed by atoms with E-state index >= 15 is 0 Å². The normalized spacial score (nSPS) is 24.9. The minimum Gasteiger partial charge on any atom is -0.395 e. The van der Waals surface area contributed by atoms with Gasteiger partial charge in [-0.15, -0.1) is 0 Å². The van der Waals surface area contributed by atoms with E-state index < -0.39 is 0 Å². The van der Waals surface area contributed by atoms with Gasteiger partial charge >= 0.3 is 0 Å². The summed E-state index contributed by atoms with van der Waals surface area (Å²) in [6, 6.07) is 0.531. The van der Waals surface area contributed by atoms with Gasteiger partial charge in [-0.2, -0.15) is 0 Å². The van der Waals surface area contributed by atoms with E-state index in [0.717, 1.165) is 26.2 Å². The third-order valence-electron chi connectivity index (χ3n) is 3.12. The molecule has 14 heavy (non-hydrogen) atoms. The second kappa shape index (κ2) is 5.66. The van der Waals surface area contributed by atoms with Crippen molar-refractivity contribution < 1.29 is 10.2 Å². The van der Waals surface area contributed by atoms with E-state index in [1.165, 1.54) is 0 Å². The Hall–Kier alpha value is -0.160. The fourth-order valence-electron chi connectivity index (χ4n) is 1.85. The lowest BCUT2D eigenvalue weighted by Gasteiger charge is -2.39. The van der Waals surface area contributed by atoms with Gasteiger partial charge in [-0.25, -0.2) is 0 Å². The highest BCUT2D eigenvalue weighted by atomic mass is 16.3. The quantitative estimate of drug-likeness (QED) is 0.637. The van der Waals surface area contributed by atoms with Gasteiger partial charge in [0.05, 0.1) is 13.2 Å². The second-order valence-electron chi connectivity index (χ2n) is 4.14. The molecule has 84 valence electrons. The Bertz CT molecular complexity index is 140. The number of piperazine rings is 1. The minimum atomic E-state index is 0.232. The molecule has 1 aliphatic heterocycles. The summed E-state index contributed by atoms with van der Waals surface area (Å²) in [4.78, 5) is 4.58. The first kappa shape index (κ1) is 11.9. The number of hydrogen-bond donors (Lipinski definition) is 2. The van der Waals surface area contributed by atoms with Crippen LogP contribution in [0.3, 0.4) is 0 Å². The standard InChI is InChI=1S/C10H22N2O2/c1-9(7-13)11-3-5-12(6-4-11)10(2)8-14/h9-10,13-14H,3-8H2,1-2H3. The Morgan fingerprint density at radius 3 is 1.36 bits per heavy atom. The predicted molar refractivity (Wildman–Crippen MR) is 56.2 cm³/mol. The van der Waals surface area contributed by atoms with E-state index in [9.17, 15) is 0 Å². The molecular weight excluding hydrogens is 180 g/mol. The van der Waals surface area contributed by atoms with Crippen LogP contribution in [0, 0.1) is 0 Å². The van der Waals surface area contributed by atoms with Crippen LogP contribution in [-0.4, -0.2) is 71.5 Å². The molecule has 0 radical (unpaired) electrons. The molecule has 0 amide bonds. The minimum absolute atomic E-state index is 0.232. The van der Waals surface area contributed by atoms with E-state index in [2.05, 4.69) is 9.80 Å². The molecule has 4 nitrogen and oxygen atoms in total. The van der Waals surface area contributed by atoms with E-state index in [1.54, 1.807) is 0 Å². The van der Waals surface area contributed by atoms with Gasteiger partial charge in [-0.1, -0.05) is 0 Å². The summed E-state index contributed by atoms with van der Waals surface area (Å²) in [7, 11) is 0. The summed E-state index contributed by atoms with van der Waals surface area (Å²) in [5, 5.41) is 18.0. The highest BCUT2D eigenvalue weighted by Gasteiger charge is 2.22. The van der Waals surface area contributed by atoms with Crippen LogP contribution in [0.1, 0.15) is 13.8 Å². The van der Waals surface area contributed by atoms with E-state index in [1.807, 2.05) is 13.8 Å². The van der Waals surface area contributed by atoms with Crippen molar-refractivity contribution in [1.82, 2.24) is 9.80 Å². The molecule has 0 aliphatic carbocycles. The first-order chi connectivity index (χ1) is 6.69. The number of aliphatic hydroxyl groups excluding tert-OH is 2. The van der Waals surface area contributed by atoms with Crippen molar-refractivity contribution in [1.29, 1.82) is 0 Å². The maximum absolute atomic E-state index is 9.01. The molecule has 1 saturated heterocycles. The van der Waals surface area contributed by atoms with Crippen LogP contribution in [0.25, 0.3) is 0 Å². The number of nitrogens with zero attached hydrogens (tertiary/aromatic N) is 2. The zero-order valence-electron chi connectivity index (χ0n) is 9.19. The highest BCUT2D eigenvalue weighted by Crippen LogP contribution is 2.08. The molecule has 0 bridgehead atoms. The molecule has 1 heterocycles. The average Bonchev–Trinajstić information content (AvgIpc) is 2.27. The average molecular weight is 202 g/mol. The van der Waals surface area contributed by atoms with Crippen LogP contribution in [0.5, 0.6) is 0 Å². The largest absolute Gasteiger partial charge is 0.395 e. The smallest absolute Gasteiger partial charge is 0.0584 e. The number of rotatable bonds is 4. The van der Waals surface area contributed by atoms with Crippen LogP contribution < -0.4 is 0 Å². The molecular formula is C10H22N2O2. The summed E-state index contributed by atoms with van der Waals surface area (Å²) < 4.78 is 0. The summed E-state index contributed by atoms with van der Waals surface area (Å²) in [6.07, 6.45) is 0. The Morgan fingerprint density at radius 1 is 0.857 bits per heavy atom. The molecule has 1 aliphatic rings. The lowest BCUT2D eigenvalue weighted by atomic mass is 10.2. The number of hydrogen-bond acceptors (Lipinski definition) is 4. The zero-order chi connectivity index (χ0) is 10.6. The molecule has 0 aromatic rings. The van der Waals surface area contributed by atoms with E-state index in [4.69, 9.17) is 10.2 Å². The number of aliphatic hydroxyl groups is 2. The third-order valence-corrected chi connectivity index (χ3v) is 3.12. The van der Waals surface area contributed by atoms with Gasteiger partial charge in [-0.3, -0.25) is 9.80 Å². The molecule has 0 aromatic heterocycles. The van der Waals surface area contributed by atoms with E-state index in [-0.39, 0.29) is 25.3 Å². The van der Waals surface area contributed by atoms with E-state index in [0.29, 0.717) is 0 Å². The Morgan fingerprint density at radius 2 is 1.14 bits per heavy atom. The van der Waals surface area contributed by atoms with Gasteiger partial charge in [0.2, 0.25) is 0 Å². The fraction of sp³-hybridized carbons (Fsp3) is 1.00. The maximum atomic E-state index is 9.01. The SMILES string of the molecule is CC(CO)N1CCN(C(C)CO)CC1. The molecule has 2 atom stereocenters. The second-order valence-corrected chi connectivity index (χ2v) is 4.14. The van der Waals surface area contributed by atoms with Crippen molar-refractivity contribution in [3.8, 4) is 0 Å². The van der Waals surface area contributed by atoms with Crippen molar-refractivity contribution in [2.24, 2.45) is 0 Å². The monoisotopic (exact) mass is 202 g/mol. The van der Waals surface area contributed by atoms with Gasteiger partial charge in [-0.05, 0) is 13.8 Å². The first-order valence-electron chi connectivity index (χ1n) is 5.38. The molecule has 2 unspecified atom stereocenters. The molecule has 4 heteroatoms. The van der Waals surface area contributed by atoms with Crippen LogP contribution >= 0.6 is 0 Å². The maximum Gasteiger partial charge on any atom is 0.0584 e. The molecule has 0 aromatic carbocycles. The first-order valence-corrected chi connectivity index (χ1v) is 5.38. The van der Waals surface area contributed by atoms with Crippen LogP contribution in [0.2, 0.25) is 0 Å². The molecule has 2 N–H and O–H groups in total. The van der Waals surface area contributed by atoms with Gasteiger partial charge in [0.15, 0.2) is 0 Å². The van der Waals surface area contributed by atoms with Crippen molar-refractivity contribution in [3.63, 3.8) is 0 Å². The molecule has 0 spiro atoms. The van der Waals surface area contributed by atoms with Crippen molar-refractivity contribution in [3.05, 3.63) is 0 Å². The third kappa shape index (κ3) is 2.92. The van der Waals surface area contributed by atoms with Gasteiger partial charge in [0.1, 0.15) is 0 Å². The fourth-order valence-corrected chi connectivity index (χ4v) is 1.85. The summed E-state index contributed by atoms with van der Waals surface area (Å²) >= 11 is 0. The predicted octanol–water partition coefficient (Wildman–Crippen LogP) is -0.634. The van der Waals surface area contributed by atoms with Gasteiger partial charge in [0.25, 0.3) is 0 Å². The molecule has 1 rings (SSSR count). The van der Waals surface area contributed by atoms with Crippen molar-refractivity contribution >= 4 is 0 Å². The molecule has 0 saturated carbocycles. The van der Waals surface area contributed by atoms with Crippen LogP contribution in [0.4, 0.5) is 0 Å². The Balaban J connectivity index is 2.31. The van der Waals surface area contributed by atoms with Crippen LogP contribution in [-0.2, 0) is 0 Å². The molecule has 1 fully saturated rings. The van der Waals surface area contributed by atoms with Gasteiger partial charge in [0, 0.05) is 38.3 Å². The summed E-state index contributed by atoms with van der Waals surface area (Å²) in [6.45, 7) is 8.53. The lowest BCUT2D eigenvalue weighted by Crippen LogP contribution is -2.53. The lowest BCUT2D eigenvalue weighted by molar-refractivity contribution is 0.0420. The summed E-state index contributed by atoms with van der Waals surface area (Å²) in [5.41, 5.74) is 0. The highest BCUT2D eigenvalue weighted by molar-refractivity contribution is 4.78. The van der Waals surface area contributed by atoms with Crippen LogP contribution in [0.15, 0.2) is 0 Å². The Labute approximate surface area is 86.1 Å². The zero-order valence-corrected chi connectivity index (χ0v) is 9.19. The topological polar surface area (TPSA) is 46.9 Å². The van der Waals surface area contributed by atoms with Crippen molar-refractivity contribution in [2.45, 2.75) is 25.9 Å². The Kier molecular flexibility index (Phi) is 4.81. The van der Waals surface area contributed by atoms with Crippen molar-refractivity contribution in [2.75, 3.05) is 39.4 Å². The van der Waals surface area contributed by atoms with Gasteiger partial charge < -0.3 is 10.2 Å².